The standard InChI is InChI=1S/C18H16ClN3OS/c1-10-6-7-14-15(8-10)24-17(16(14)19)18(23)22-21-11(2)12-4-3-5-13(20)9-12/h3-9H,20H2,1-2H3,(H,22,23). The molecular formula is C18H16ClN3OS. The van der Waals surface area contributed by atoms with E-state index < -0.39 is 0 Å². The van der Waals surface area contributed by atoms with Crippen LogP contribution in [0.3, 0.4) is 0 Å². The number of anilines is 1. The van der Waals surface area contributed by atoms with Crippen molar-refractivity contribution in [2.45, 2.75) is 13.8 Å². The summed E-state index contributed by atoms with van der Waals surface area (Å²) in [6.45, 7) is 3.82. The molecule has 4 nitrogen and oxygen atoms in total. The Morgan fingerprint density at radius 1 is 1.25 bits per heavy atom. The Balaban J connectivity index is 1.85. The second kappa shape index (κ2) is 6.63. The van der Waals surface area contributed by atoms with Crippen LogP contribution in [0.1, 0.15) is 27.7 Å². The van der Waals surface area contributed by atoms with Crippen molar-refractivity contribution in [2.75, 3.05) is 5.73 Å². The molecule has 0 aliphatic rings. The topological polar surface area (TPSA) is 67.5 Å². The van der Waals surface area contributed by atoms with Crippen LogP contribution in [-0.4, -0.2) is 11.6 Å². The number of rotatable bonds is 3. The number of nitrogens with zero attached hydrogens (tertiary/aromatic N) is 1. The average molecular weight is 358 g/mol. The van der Waals surface area contributed by atoms with E-state index in [2.05, 4.69) is 10.5 Å². The number of fused-ring (bicyclic) bond motifs is 1. The summed E-state index contributed by atoms with van der Waals surface area (Å²) in [7, 11) is 0. The molecule has 0 saturated carbocycles. The lowest BCUT2D eigenvalue weighted by Gasteiger charge is -2.03. The molecule has 0 radical (unpaired) electrons. The molecule has 3 N–H and O–H groups in total. The molecule has 0 saturated heterocycles. The molecule has 1 heterocycles. The average Bonchev–Trinajstić information content (AvgIpc) is 2.88. The van der Waals surface area contributed by atoms with Gasteiger partial charge in [-0.05, 0) is 43.2 Å². The van der Waals surface area contributed by atoms with Crippen molar-refractivity contribution < 1.29 is 4.79 Å². The molecule has 3 rings (SSSR count). The molecule has 0 fully saturated rings. The highest BCUT2D eigenvalue weighted by Gasteiger charge is 2.17. The summed E-state index contributed by atoms with van der Waals surface area (Å²) >= 11 is 7.70. The van der Waals surface area contributed by atoms with Gasteiger partial charge in [0.15, 0.2) is 0 Å². The number of hydrogen-bond donors (Lipinski definition) is 2. The van der Waals surface area contributed by atoms with Crippen LogP contribution in [0.5, 0.6) is 0 Å². The molecule has 6 heteroatoms. The van der Waals surface area contributed by atoms with Crippen LogP contribution in [0.2, 0.25) is 5.02 Å². The fourth-order valence-electron chi connectivity index (χ4n) is 2.33. The number of hydrazone groups is 1. The van der Waals surface area contributed by atoms with Crippen molar-refractivity contribution in [3.63, 3.8) is 0 Å². The van der Waals surface area contributed by atoms with Gasteiger partial charge in [-0.25, -0.2) is 5.43 Å². The molecule has 0 bridgehead atoms. The number of nitrogens with one attached hydrogen (secondary N) is 1. The van der Waals surface area contributed by atoms with Crippen LogP contribution < -0.4 is 11.2 Å². The largest absolute Gasteiger partial charge is 0.399 e. The fraction of sp³-hybridized carbons (Fsp3) is 0.111. The Kier molecular flexibility index (Phi) is 4.55. The number of amides is 1. The number of hydrogen-bond acceptors (Lipinski definition) is 4. The van der Waals surface area contributed by atoms with Crippen LogP contribution in [0.25, 0.3) is 10.1 Å². The molecular weight excluding hydrogens is 342 g/mol. The van der Waals surface area contributed by atoms with Crippen molar-refractivity contribution in [2.24, 2.45) is 5.10 Å². The van der Waals surface area contributed by atoms with Gasteiger partial charge in [0.25, 0.3) is 5.91 Å². The summed E-state index contributed by atoms with van der Waals surface area (Å²) in [6, 6.07) is 13.3. The third-order valence-electron chi connectivity index (χ3n) is 3.62. The predicted octanol–water partition coefficient (Wildman–Crippen LogP) is 4.60. The van der Waals surface area contributed by atoms with E-state index in [0.29, 0.717) is 21.3 Å². The molecule has 24 heavy (non-hydrogen) atoms. The Hall–Kier alpha value is -2.37. The number of carbonyl (C=O) groups excluding carboxylic acids is 1. The Morgan fingerprint density at radius 3 is 2.79 bits per heavy atom. The minimum absolute atomic E-state index is 0.317. The van der Waals surface area contributed by atoms with Crippen LogP contribution in [-0.2, 0) is 0 Å². The fourth-order valence-corrected chi connectivity index (χ4v) is 3.84. The minimum atomic E-state index is -0.317. The van der Waals surface area contributed by atoms with Gasteiger partial charge in [-0.2, -0.15) is 5.10 Å². The van der Waals surface area contributed by atoms with E-state index >= 15 is 0 Å². The maximum absolute atomic E-state index is 12.4. The van der Waals surface area contributed by atoms with Crippen LogP contribution in [0.4, 0.5) is 5.69 Å². The Morgan fingerprint density at radius 2 is 2.04 bits per heavy atom. The lowest BCUT2D eigenvalue weighted by Crippen LogP contribution is -2.18. The van der Waals surface area contributed by atoms with Gasteiger partial charge in [-0.1, -0.05) is 35.9 Å². The van der Waals surface area contributed by atoms with E-state index in [-0.39, 0.29) is 5.91 Å². The van der Waals surface area contributed by atoms with Gasteiger partial charge in [0.05, 0.1) is 10.7 Å². The van der Waals surface area contributed by atoms with Crippen molar-refractivity contribution in [3.05, 3.63) is 63.5 Å². The molecule has 122 valence electrons. The Labute approximate surface area is 148 Å². The zero-order chi connectivity index (χ0) is 17.3. The van der Waals surface area contributed by atoms with E-state index in [0.717, 1.165) is 21.2 Å². The van der Waals surface area contributed by atoms with E-state index in [1.54, 1.807) is 12.1 Å². The van der Waals surface area contributed by atoms with Gasteiger partial charge in [-0.15, -0.1) is 11.3 Å². The number of nitrogen functional groups attached to an aromatic ring is 1. The molecule has 1 amide bonds. The third-order valence-corrected chi connectivity index (χ3v) is 5.28. The highest BCUT2D eigenvalue weighted by molar-refractivity contribution is 7.21. The van der Waals surface area contributed by atoms with Gasteiger partial charge in [0.1, 0.15) is 4.88 Å². The highest BCUT2D eigenvalue weighted by Crippen LogP contribution is 2.35. The van der Waals surface area contributed by atoms with Crippen molar-refractivity contribution in [1.29, 1.82) is 0 Å². The van der Waals surface area contributed by atoms with Gasteiger partial charge in [0, 0.05) is 15.8 Å². The second-order valence-corrected chi connectivity index (χ2v) is 6.94. The molecule has 0 unspecified atom stereocenters. The number of aryl methyl sites for hydroxylation is 1. The van der Waals surface area contributed by atoms with Gasteiger partial charge in [0.2, 0.25) is 0 Å². The first kappa shape index (κ1) is 16.5. The minimum Gasteiger partial charge on any atom is -0.399 e. The summed E-state index contributed by atoms with van der Waals surface area (Å²) in [5.41, 5.74) is 11.6. The SMILES string of the molecule is CC(=NNC(=O)c1sc2cc(C)ccc2c1Cl)c1cccc(N)c1. The highest BCUT2D eigenvalue weighted by atomic mass is 35.5. The number of halogens is 1. The molecule has 1 aromatic heterocycles. The van der Waals surface area contributed by atoms with E-state index in [1.807, 2.05) is 44.2 Å². The van der Waals surface area contributed by atoms with Gasteiger partial charge >= 0.3 is 0 Å². The molecule has 0 spiro atoms. The monoisotopic (exact) mass is 357 g/mol. The quantitative estimate of drug-likeness (QED) is 0.408. The van der Waals surface area contributed by atoms with Crippen LogP contribution in [0.15, 0.2) is 47.6 Å². The first-order valence-electron chi connectivity index (χ1n) is 7.35. The first-order valence-corrected chi connectivity index (χ1v) is 8.54. The van der Waals surface area contributed by atoms with E-state index in [4.69, 9.17) is 17.3 Å². The number of carbonyl (C=O) groups is 1. The summed E-state index contributed by atoms with van der Waals surface area (Å²) in [6.07, 6.45) is 0. The number of nitrogens with two attached hydrogens (primary N) is 1. The number of thiophene rings is 1. The molecule has 0 atom stereocenters. The van der Waals surface area contributed by atoms with Crippen molar-refractivity contribution in [3.8, 4) is 0 Å². The maximum Gasteiger partial charge on any atom is 0.283 e. The van der Waals surface area contributed by atoms with Gasteiger partial charge < -0.3 is 5.73 Å². The Bertz CT molecular complexity index is 962. The zero-order valence-corrected chi connectivity index (χ0v) is 14.8. The van der Waals surface area contributed by atoms with Crippen molar-refractivity contribution in [1.82, 2.24) is 5.43 Å². The summed E-state index contributed by atoms with van der Waals surface area (Å²) < 4.78 is 0.988. The second-order valence-electron chi connectivity index (χ2n) is 5.51. The van der Waals surface area contributed by atoms with Crippen LogP contribution in [0, 0.1) is 6.92 Å². The lowest BCUT2D eigenvalue weighted by atomic mass is 10.1. The summed E-state index contributed by atoms with van der Waals surface area (Å²) in [5, 5.41) is 5.50. The van der Waals surface area contributed by atoms with E-state index in [9.17, 15) is 4.79 Å². The molecule has 2 aromatic carbocycles. The van der Waals surface area contributed by atoms with Crippen LogP contribution >= 0.6 is 22.9 Å². The van der Waals surface area contributed by atoms with Crippen molar-refractivity contribution >= 4 is 50.3 Å². The van der Waals surface area contributed by atoms with Gasteiger partial charge in [-0.3, -0.25) is 4.79 Å². The summed E-state index contributed by atoms with van der Waals surface area (Å²) in [5.74, 6) is -0.317. The lowest BCUT2D eigenvalue weighted by molar-refractivity contribution is 0.0959. The first-order chi connectivity index (χ1) is 11.5. The molecule has 3 aromatic rings. The normalized spacial score (nSPS) is 11.7. The third kappa shape index (κ3) is 3.27. The number of benzene rings is 2. The summed E-state index contributed by atoms with van der Waals surface area (Å²) in [4.78, 5) is 12.9. The van der Waals surface area contributed by atoms with E-state index in [1.165, 1.54) is 11.3 Å². The molecule has 0 aliphatic carbocycles. The smallest absolute Gasteiger partial charge is 0.283 e. The zero-order valence-electron chi connectivity index (χ0n) is 13.3. The maximum atomic E-state index is 12.4. The predicted molar refractivity (Wildman–Crippen MR) is 102 cm³/mol. The molecule has 0 aliphatic heterocycles.